The Morgan fingerprint density at radius 3 is 2.50 bits per heavy atom. The van der Waals surface area contributed by atoms with Crippen LogP contribution in [0, 0.1) is 0 Å². The molecule has 0 fully saturated rings. The summed E-state index contributed by atoms with van der Waals surface area (Å²) in [5.74, 6) is -0.401. The van der Waals surface area contributed by atoms with Crippen molar-refractivity contribution in [2.24, 2.45) is 0 Å². The molecular formula is C14H20N2O4. The number of nitrogens with two attached hydrogens (primary N) is 1. The number of Topliss-reactive ketones (excluding diaryl/α,β-unsaturated/α-hetero) is 1. The van der Waals surface area contributed by atoms with Crippen LogP contribution in [0.25, 0.3) is 0 Å². The highest BCUT2D eigenvalue weighted by molar-refractivity contribution is 5.99. The quantitative estimate of drug-likeness (QED) is 0.445. The highest BCUT2D eigenvalue weighted by Gasteiger charge is 2.19. The summed E-state index contributed by atoms with van der Waals surface area (Å²) in [6, 6.07) is 4.56. The average Bonchev–Trinajstić information content (AvgIpc) is 2.37. The summed E-state index contributed by atoms with van der Waals surface area (Å²) in [4.78, 5) is 22.1. The van der Waals surface area contributed by atoms with Crippen molar-refractivity contribution in [2.45, 2.75) is 32.5 Å². The second-order valence-electron chi connectivity index (χ2n) is 4.69. The number of nitrogen functional groups attached to an aromatic ring is 1. The third-order valence-electron chi connectivity index (χ3n) is 2.98. The number of carbonyl (C=O) groups excluding carboxylic acids is 2. The molecule has 0 radical (unpaired) electrons. The molecule has 0 saturated heterocycles. The zero-order chi connectivity index (χ0) is 15.3. The van der Waals surface area contributed by atoms with E-state index in [4.69, 9.17) is 5.73 Å². The summed E-state index contributed by atoms with van der Waals surface area (Å²) in [5.41, 5.74) is 6.73. The molecule has 0 aliphatic rings. The Balaban J connectivity index is 2.76. The predicted octanol–water partition coefficient (Wildman–Crippen LogP) is 0.392. The number of rotatable bonds is 6. The van der Waals surface area contributed by atoms with E-state index in [1.165, 1.54) is 26.0 Å². The van der Waals surface area contributed by atoms with Crippen molar-refractivity contribution in [1.82, 2.24) is 5.32 Å². The first-order valence-corrected chi connectivity index (χ1v) is 6.34. The molecule has 0 heterocycles. The first kappa shape index (κ1) is 16.1. The number of hydrogen-bond donors (Lipinski definition) is 4. The Labute approximate surface area is 117 Å². The number of ketones is 1. The summed E-state index contributed by atoms with van der Waals surface area (Å²) in [7, 11) is 0. The van der Waals surface area contributed by atoms with Crippen molar-refractivity contribution in [2.75, 3.05) is 12.3 Å². The number of aliphatic hydroxyl groups is 2. The van der Waals surface area contributed by atoms with E-state index in [2.05, 4.69) is 5.32 Å². The van der Waals surface area contributed by atoms with Crippen molar-refractivity contribution in [3.63, 3.8) is 0 Å². The van der Waals surface area contributed by atoms with Gasteiger partial charge in [0.05, 0.1) is 6.10 Å². The number of benzene rings is 1. The van der Waals surface area contributed by atoms with Crippen LogP contribution in [-0.2, 0) is 4.79 Å². The summed E-state index contributed by atoms with van der Waals surface area (Å²) >= 11 is 0. The monoisotopic (exact) mass is 280 g/mol. The van der Waals surface area contributed by atoms with Gasteiger partial charge >= 0.3 is 0 Å². The van der Waals surface area contributed by atoms with E-state index in [1.807, 2.05) is 0 Å². The van der Waals surface area contributed by atoms with Crippen LogP contribution in [0.15, 0.2) is 18.2 Å². The maximum atomic E-state index is 11.4. The molecule has 0 saturated carbocycles. The van der Waals surface area contributed by atoms with Crippen molar-refractivity contribution in [3.05, 3.63) is 29.3 Å². The lowest BCUT2D eigenvalue weighted by atomic mass is 9.98. The lowest BCUT2D eigenvalue weighted by Gasteiger charge is -2.19. The number of amides is 1. The number of aliphatic hydroxyl groups excluding tert-OH is 2. The Bertz CT molecular complexity index is 502. The molecule has 20 heavy (non-hydrogen) atoms. The van der Waals surface area contributed by atoms with Crippen molar-refractivity contribution < 1.29 is 19.8 Å². The van der Waals surface area contributed by atoms with Crippen LogP contribution in [0.1, 0.15) is 42.3 Å². The fraction of sp³-hybridized carbons (Fsp3) is 0.429. The Morgan fingerprint density at radius 1 is 1.30 bits per heavy atom. The van der Waals surface area contributed by atoms with Gasteiger partial charge in [0.1, 0.15) is 6.10 Å². The molecule has 0 spiro atoms. The minimum absolute atomic E-state index is 0.196. The molecule has 1 aromatic carbocycles. The minimum atomic E-state index is -1.14. The molecule has 110 valence electrons. The van der Waals surface area contributed by atoms with Gasteiger partial charge in [0, 0.05) is 24.7 Å². The maximum Gasteiger partial charge on any atom is 0.216 e. The first-order chi connectivity index (χ1) is 9.32. The highest BCUT2D eigenvalue weighted by atomic mass is 16.3. The number of carbonyl (C=O) groups is 2. The molecule has 5 N–H and O–H groups in total. The molecule has 1 rings (SSSR count). The molecule has 2 unspecified atom stereocenters. The van der Waals surface area contributed by atoms with Gasteiger partial charge < -0.3 is 21.3 Å². The van der Waals surface area contributed by atoms with E-state index in [9.17, 15) is 19.8 Å². The second kappa shape index (κ2) is 7.02. The zero-order valence-electron chi connectivity index (χ0n) is 11.6. The summed E-state index contributed by atoms with van der Waals surface area (Å²) in [6.07, 6.45) is -1.96. The molecular weight excluding hydrogens is 260 g/mol. The average molecular weight is 280 g/mol. The minimum Gasteiger partial charge on any atom is -0.398 e. The zero-order valence-corrected chi connectivity index (χ0v) is 11.6. The van der Waals surface area contributed by atoms with Crippen molar-refractivity contribution >= 4 is 17.4 Å². The van der Waals surface area contributed by atoms with Crippen LogP contribution < -0.4 is 11.1 Å². The van der Waals surface area contributed by atoms with Gasteiger partial charge in [-0.1, -0.05) is 6.07 Å². The van der Waals surface area contributed by atoms with Crippen molar-refractivity contribution in [3.8, 4) is 0 Å². The SMILES string of the molecule is CC(=O)NCCC(O)C(O)c1ccc(N)c(C(C)=O)c1. The molecule has 1 amide bonds. The van der Waals surface area contributed by atoms with Crippen LogP contribution in [-0.4, -0.2) is 34.6 Å². The van der Waals surface area contributed by atoms with Crippen LogP contribution in [0.2, 0.25) is 0 Å². The molecule has 0 aromatic heterocycles. The van der Waals surface area contributed by atoms with E-state index in [0.29, 0.717) is 16.8 Å². The fourth-order valence-electron chi connectivity index (χ4n) is 1.84. The molecule has 0 bridgehead atoms. The topological polar surface area (TPSA) is 113 Å². The van der Waals surface area contributed by atoms with Gasteiger partial charge in [-0.2, -0.15) is 0 Å². The Hall–Kier alpha value is -1.92. The predicted molar refractivity (Wildman–Crippen MR) is 75.1 cm³/mol. The summed E-state index contributed by atoms with van der Waals surface area (Å²) in [5, 5.41) is 22.4. The smallest absolute Gasteiger partial charge is 0.216 e. The third kappa shape index (κ3) is 4.32. The van der Waals surface area contributed by atoms with Crippen LogP contribution in [0.3, 0.4) is 0 Å². The first-order valence-electron chi connectivity index (χ1n) is 6.34. The normalized spacial score (nSPS) is 13.6. The van der Waals surface area contributed by atoms with Gasteiger partial charge in [0.25, 0.3) is 0 Å². The number of nitrogens with one attached hydrogen (secondary N) is 1. The van der Waals surface area contributed by atoms with Crippen LogP contribution in [0.5, 0.6) is 0 Å². The molecule has 6 nitrogen and oxygen atoms in total. The van der Waals surface area contributed by atoms with Gasteiger partial charge in [-0.25, -0.2) is 0 Å². The van der Waals surface area contributed by atoms with E-state index in [-0.39, 0.29) is 24.7 Å². The van der Waals surface area contributed by atoms with E-state index in [0.717, 1.165) is 0 Å². The molecule has 0 aliphatic heterocycles. The standard InChI is InChI=1S/C14H20N2O4/c1-8(17)11-7-10(3-4-12(11)15)14(20)13(19)5-6-16-9(2)18/h3-4,7,13-14,19-20H,5-6,15H2,1-2H3,(H,16,18). The van der Waals surface area contributed by atoms with Crippen LogP contribution >= 0.6 is 0 Å². The van der Waals surface area contributed by atoms with Gasteiger partial charge in [0.15, 0.2) is 5.78 Å². The molecule has 6 heteroatoms. The number of hydrogen-bond acceptors (Lipinski definition) is 5. The molecule has 0 aliphatic carbocycles. The lowest BCUT2D eigenvalue weighted by Crippen LogP contribution is -2.27. The lowest BCUT2D eigenvalue weighted by molar-refractivity contribution is -0.119. The van der Waals surface area contributed by atoms with E-state index in [1.54, 1.807) is 6.07 Å². The fourth-order valence-corrected chi connectivity index (χ4v) is 1.84. The maximum absolute atomic E-state index is 11.4. The van der Waals surface area contributed by atoms with Gasteiger partial charge in [0.2, 0.25) is 5.91 Å². The van der Waals surface area contributed by atoms with E-state index < -0.39 is 12.2 Å². The highest BCUT2D eigenvalue weighted by Crippen LogP contribution is 2.23. The summed E-state index contributed by atoms with van der Waals surface area (Å²) in [6.45, 7) is 3.03. The third-order valence-corrected chi connectivity index (χ3v) is 2.98. The summed E-state index contributed by atoms with van der Waals surface area (Å²) < 4.78 is 0. The second-order valence-corrected chi connectivity index (χ2v) is 4.69. The Kier molecular flexibility index (Phi) is 5.66. The van der Waals surface area contributed by atoms with E-state index >= 15 is 0 Å². The molecule has 1 aromatic rings. The largest absolute Gasteiger partial charge is 0.398 e. The molecule has 2 atom stereocenters. The van der Waals surface area contributed by atoms with Gasteiger partial charge in [-0.15, -0.1) is 0 Å². The van der Waals surface area contributed by atoms with Crippen molar-refractivity contribution in [1.29, 1.82) is 0 Å². The van der Waals surface area contributed by atoms with Crippen LogP contribution in [0.4, 0.5) is 5.69 Å². The number of anilines is 1. The Morgan fingerprint density at radius 2 is 1.95 bits per heavy atom. The van der Waals surface area contributed by atoms with Gasteiger partial charge in [-0.3, -0.25) is 9.59 Å². The van der Waals surface area contributed by atoms with Gasteiger partial charge in [-0.05, 0) is 31.0 Å².